The van der Waals surface area contributed by atoms with E-state index in [1.807, 2.05) is 24.5 Å². The van der Waals surface area contributed by atoms with Crippen LogP contribution in [0.15, 0.2) is 30.5 Å². The van der Waals surface area contributed by atoms with Crippen LogP contribution in [-0.2, 0) is 12.2 Å². The van der Waals surface area contributed by atoms with Gasteiger partial charge in [0.1, 0.15) is 17.7 Å². The number of piperidine rings is 1. The van der Waals surface area contributed by atoms with E-state index in [0.29, 0.717) is 17.2 Å². The molecule has 132 valence electrons. The van der Waals surface area contributed by atoms with E-state index in [1.165, 1.54) is 0 Å². The van der Waals surface area contributed by atoms with E-state index >= 15 is 0 Å². The fourth-order valence-electron chi connectivity index (χ4n) is 3.82. The molecule has 1 unspecified atom stereocenters. The maximum atomic E-state index is 14.5. The van der Waals surface area contributed by atoms with Crippen LogP contribution < -0.4 is 10.1 Å². The highest BCUT2D eigenvalue weighted by atomic mass is 32.2. The highest BCUT2D eigenvalue weighted by Gasteiger charge is 2.31. The number of fused-ring (bicyclic) bond motifs is 1. The number of aromatic nitrogens is 1. The number of thioether (sulfide) groups is 1. The summed E-state index contributed by atoms with van der Waals surface area (Å²) in [4.78, 5) is 4.45. The summed E-state index contributed by atoms with van der Waals surface area (Å²) in [5.41, 5.74) is 3.42. The molecule has 0 spiro atoms. The quantitative estimate of drug-likeness (QED) is 0.894. The Bertz CT molecular complexity index is 761. The molecule has 0 bridgehead atoms. The van der Waals surface area contributed by atoms with Crippen LogP contribution >= 0.6 is 11.8 Å². The minimum atomic E-state index is -0.201. The van der Waals surface area contributed by atoms with Crippen molar-refractivity contribution in [2.24, 2.45) is 5.92 Å². The molecule has 0 aliphatic carbocycles. The largest absolute Gasteiger partial charge is 0.488 e. The summed E-state index contributed by atoms with van der Waals surface area (Å²) in [7, 11) is 0. The number of hydrogen-bond donors (Lipinski definition) is 1. The van der Waals surface area contributed by atoms with E-state index in [9.17, 15) is 4.39 Å². The molecule has 2 aromatic rings. The molecule has 5 heteroatoms. The number of nitrogens with zero attached hydrogens (tertiary/aromatic N) is 1. The number of pyridine rings is 1. The van der Waals surface area contributed by atoms with E-state index in [-0.39, 0.29) is 11.9 Å². The third kappa shape index (κ3) is 3.53. The average Bonchev–Trinajstić information content (AvgIpc) is 3.06. The Labute approximate surface area is 152 Å². The summed E-state index contributed by atoms with van der Waals surface area (Å²) < 4.78 is 20.6. The molecule has 1 saturated heterocycles. The Balaban J connectivity index is 1.55. The van der Waals surface area contributed by atoms with Crippen LogP contribution in [-0.4, -0.2) is 30.4 Å². The van der Waals surface area contributed by atoms with E-state index < -0.39 is 0 Å². The van der Waals surface area contributed by atoms with Gasteiger partial charge >= 0.3 is 0 Å². The lowest BCUT2D eigenvalue weighted by atomic mass is 9.90. The lowest BCUT2D eigenvalue weighted by molar-refractivity contribution is 0.133. The van der Waals surface area contributed by atoms with Gasteiger partial charge in [0.25, 0.3) is 0 Å². The van der Waals surface area contributed by atoms with E-state index in [0.717, 1.165) is 55.0 Å². The number of halogens is 1. The Hall–Kier alpha value is -1.59. The Morgan fingerprint density at radius 3 is 2.88 bits per heavy atom. The van der Waals surface area contributed by atoms with Gasteiger partial charge in [0, 0.05) is 23.3 Å². The summed E-state index contributed by atoms with van der Waals surface area (Å²) >= 11 is 1.69. The second-order valence-corrected chi connectivity index (χ2v) is 7.74. The van der Waals surface area contributed by atoms with Crippen LogP contribution in [0.25, 0.3) is 11.3 Å². The molecule has 1 aromatic carbocycles. The highest BCUT2D eigenvalue weighted by Crippen LogP contribution is 2.36. The summed E-state index contributed by atoms with van der Waals surface area (Å²) in [6, 6.07) is 7.45. The van der Waals surface area contributed by atoms with Gasteiger partial charge in [-0.2, -0.15) is 11.8 Å². The number of benzene rings is 1. The van der Waals surface area contributed by atoms with E-state index in [1.54, 1.807) is 24.0 Å². The van der Waals surface area contributed by atoms with Crippen LogP contribution in [0.3, 0.4) is 0 Å². The van der Waals surface area contributed by atoms with Crippen molar-refractivity contribution in [3.05, 3.63) is 47.4 Å². The lowest BCUT2D eigenvalue weighted by Gasteiger charge is -2.27. The molecule has 1 atom stereocenters. The van der Waals surface area contributed by atoms with Crippen molar-refractivity contribution < 1.29 is 9.13 Å². The summed E-state index contributed by atoms with van der Waals surface area (Å²) in [6.45, 7) is 2.13. The molecule has 2 aliphatic heterocycles. The minimum Gasteiger partial charge on any atom is -0.488 e. The predicted molar refractivity (Wildman–Crippen MR) is 101 cm³/mol. The smallest absolute Gasteiger partial charge is 0.141 e. The Kier molecular flexibility index (Phi) is 4.95. The SMILES string of the molecule is CSCc1ccc(-c2cc3c(cn2)OC(C2CCNCC2)C3)c(F)c1. The molecular formula is C20H23FN2OS. The molecule has 4 rings (SSSR count). The molecule has 25 heavy (non-hydrogen) atoms. The second kappa shape index (κ2) is 7.34. The zero-order valence-corrected chi connectivity index (χ0v) is 15.2. The van der Waals surface area contributed by atoms with Crippen molar-refractivity contribution in [1.29, 1.82) is 0 Å². The third-order valence-corrected chi connectivity index (χ3v) is 5.80. The molecule has 2 aliphatic rings. The molecule has 1 aromatic heterocycles. The molecule has 3 heterocycles. The highest BCUT2D eigenvalue weighted by molar-refractivity contribution is 7.97. The summed E-state index contributed by atoms with van der Waals surface area (Å²) in [5, 5.41) is 3.40. The van der Waals surface area contributed by atoms with Gasteiger partial charge < -0.3 is 10.1 Å². The van der Waals surface area contributed by atoms with Crippen LogP contribution in [0.5, 0.6) is 5.75 Å². The van der Waals surface area contributed by atoms with Crippen molar-refractivity contribution in [2.75, 3.05) is 19.3 Å². The maximum Gasteiger partial charge on any atom is 0.141 e. The maximum absolute atomic E-state index is 14.5. The van der Waals surface area contributed by atoms with E-state index in [2.05, 4.69) is 10.3 Å². The van der Waals surface area contributed by atoms with Crippen LogP contribution in [0.4, 0.5) is 4.39 Å². The monoisotopic (exact) mass is 358 g/mol. The van der Waals surface area contributed by atoms with Crippen LogP contribution in [0.2, 0.25) is 0 Å². The first-order valence-electron chi connectivity index (χ1n) is 8.88. The normalized spacial score (nSPS) is 20.3. The zero-order valence-electron chi connectivity index (χ0n) is 14.4. The van der Waals surface area contributed by atoms with Crippen LogP contribution in [0.1, 0.15) is 24.0 Å². The first-order chi connectivity index (χ1) is 12.2. The van der Waals surface area contributed by atoms with Gasteiger partial charge in [-0.1, -0.05) is 6.07 Å². The molecule has 0 amide bonds. The predicted octanol–water partition coefficient (Wildman–Crippen LogP) is 4.05. The van der Waals surface area contributed by atoms with Crippen molar-refractivity contribution in [1.82, 2.24) is 10.3 Å². The van der Waals surface area contributed by atoms with Gasteiger partial charge in [-0.05, 0) is 61.9 Å². The number of ether oxygens (including phenoxy) is 1. The molecule has 3 nitrogen and oxygen atoms in total. The minimum absolute atomic E-state index is 0.201. The topological polar surface area (TPSA) is 34.1 Å². The van der Waals surface area contributed by atoms with Crippen molar-refractivity contribution in [3.8, 4) is 17.0 Å². The van der Waals surface area contributed by atoms with Gasteiger partial charge in [0.05, 0.1) is 11.9 Å². The second-order valence-electron chi connectivity index (χ2n) is 6.87. The number of rotatable bonds is 4. The molecular weight excluding hydrogens is 335 g/mol. The number of nitrogens with one attached hydrogen (secondary N) is 1. The first-order valence-corrected chi connectivity index (χ1v) is 10.3. The zero-order chi connectivity index (χ0) is 17.2. The van der Waals surface area contributed by atoms with Gasteiger partial charge in [0.2, 0.25) is 0 Å². The van der Waals surface area contributed by atoms with Crippen LogP contribution in [0, 0.1) is 11.7 Å². The third-order valence-electron chi connectivity index (χ3n) is 5.18. The molecule has 1 fully saturated rings. The number of hydrogen-bond acceptors (Lipinski definition) is 4. The average molecular weight is 358 g/mol. The van der Waals surface area contributed by atoms with Crippen molar-refractivity contribution in [3.63, 3.8) is 0 Å². The Morgan fingerprint density at radius 1 is 1.28 bits per heavy atom. The van der Waals surface area contributed by atoms with Crippen molar-refractivity contribution in [2.45, 2.75) is 31.1 Å². The molecule has 1 N–H and O–H groups in total. The fraction of sp³-hybridized carbons (Fsp3) is 0.450. The standard InChI is InChI=1S/C20H23FN2OS/c1-25-12-13-2-3-16(17(21)8-13)18-9-15-10-19(24-20(15)11-23-18)14-4-6-22-7-5-14/h2-3,8-9,11,14,19,22H,4-7,10,12H2,1H3. The Morgan fingerprint density at radius 2 is 2.12 bits per heavy atom. The fourth-order valence-corrected chi connectivity index (χ4v) is 4.33. The summed E-state index contributed by atoms with van der Waals surface area (Å²) in [6.07, 6.45) is 7.24. The van der Waals surface area contributed by atoms with Gasteiger partial charge in [-0.25, -0.2) is 4.39 Å². The van der Waals surface area contributed by atoms with Gasteiger partial charge in [-0.3, -0.25) is 4.98 Å². The molecule has 0 saturated carbocycles. The summed E-state index contributed by atoms with van der Waals surface area (Å²) in [5.74, 6) is 2.08. The molecule has 0 radical (unpaired) electrons. The first kappa shape index (κ1) is 16.9. The van der Waals surface area contributed by atoms with E-state index in [4.69, 9.17) is 4.74 Å². The van der Waals surface area contributed by atoms with Gasteiger partial charge in [-0.15, -0.1) is 0 Å². The lowest BCUT2D eigenvalue weighted by Crippen LogP contribution is -2.36. The van der Waals surface area contributed by atoms with Gasteiger partial charge in [0.15, 0.2) is 0 Å². The van der Waals surface area contributed by atoms with Crippen molar-refractivity contribution >= 4 is 11.8 Å².